The molecule has 0 saturated heterocycles. The molecule has 0 heterocycles. The molecule has 0 amide bonds. The van der Waals surface area contributed by atoms with Crippen molar-refractivity contribution >= 4 is 19.7 Å². The van der Waals surface area contributed by atoms with E-state index >= 15 is 0 Å². The Labute approximate surface area is 113 Å². The minimum absolute atomic E-state index is 0.00408. The summed E-state index contributed by atoms with van der Waals surface area (Å²) in [5, 5.41) is 8.62. The van der Waals surface area contributed by atoms with Crippen molar-refractivity contribution < 1.29 is 16.8 Å². The van der Waals surface area contributed by atoms with Crippen LogP contribution in [0.5, 0.6) is 0 Å². The largest absolute Gasteiger partial charge is 0.229 e. The Balaban J connectivity index is 2.85. The van der Waals surface area contributed by atoms with Crippen LogP contribution in [-0.2, 0) is 19.7 Å². The lowest BCUT2D eigenvalue weighted by atomic mass is 10.2. The molecule has 0 spiro atoms. The highest BCUT2D eigenvalue weighted by molar-refractivity contribution is 7.95. The molecule has 0 fully saturated rings. The van der Waals surface area contributed by atoms with Gasteiger partial charge in [0.1, 0.15) is 0 Å². The summed E-state index contributed by atoms with van der Waals surface area (Å²) < 4.78 is 46.9. The van der Waals surface area contributed by atoms with E-state index in [1.54, 1.807) is 6.92 Å². The Hall–Kier alpha value is -1.39. The maximum absolute atomic E-state index is 11.9. The normalized spacial score (nSPS) is 12.0. The van der Waals surface area contributed by atoms with Gasteiger partial charge in [-0.1, -0.05) is 6.92 Å². The average molecular weight is 301 g/mol. The summed E-state index contributed by atoms with van der Waals surface area (Å²) in [4.78, 5) is 0.0400. The highest BCUT2D eigenvalue weighted by Gasteiger charge is 2.19. The Morgan fingerprint density at radius 1 is 1.00 bits per heavy atom. The van der Waals surface area contributed by atoms with Crippen LogP contribution in [0.2, 0.25) is 0 Å². The van der Waals surface area contributed by atoms with Crippen molar-refractivity contribution in [2.24, 2.45) is 0 Å². The summed E-state index contributed by atoms with van der Waals surface area (Å²) in [5.74, 6) is -0.805. The van der Waals surface area contributed by atoms with Gasteiger partial charge in [0.2, 0.25) is 0 Å². The van der Waals surface area contributed by atoms with E-state index in [1.807, 2.05) is 6.07 Å². The van der Waals surface area contributed by atoms with Crippen molar-refractivity contribution in [3.05, 3.63) is 29.8 Å². The first-order valence-corrected chi connectivity index (χ1v) is 9.21. The SMILES string of the molecule is CCCS(=O)(=O)CCS(=O)(=O)c1ccc(C#N)cc1. The van der Waals surface area contributed by atoms with Crippen molar-refractivity contribution in [1.29, 1.82) is 5.26 Å². The third-order valence-corrected chi connectivity index (χ3v) is 6.37. The van der Waals surface area contributed by atoms with E-state index in [4.69, 9.17) is 5.26 Å². The monoisotopic (exact) mass is 301 g/mol. The molecule has 0 N–H and O–H groups in total. The van der Waals surface area contributed by atoms with Gasteiger partial charge in [0.15, 0.2) is 19.7 Å². The first-order valence-electron chi connectivity index (χ1n) is 5.74. The smallest absolute Gasteiger partial charge is 0.179 e. The lowest BCUT2D eigenvalue weighted by Gasteiger charge is -2.05. The third kappa shape index (κ3) is 4.65. The van der Waals surface area contributed by atoms with Crippen molar-refractivity contribution in [2.75, 3.05) is 17.3 Å². The number of nitriles is 1. The van der Waals surface area contributed by atoms with Gasteiger partial charge < -0.3 is 0 Å². The molecule has 5 nitrogen and oxygen atoms in total. The summed E-state index contributed by atoms with van der Waals surface area (Å²) >= 11 is 0. The van der Waals surface area contributed by atoms with Gasteiger partial charge in [0, 0.05) is 5.75 Å². The minimum Gasteiger partial charge on any atom is -0.229 e. The fourth-order valence-electron chi connectivity index (χ4n) is 1.50. The molecule has 0 aromatic heterocycles. The van der Waals surface area contributed by atoms with E-state index in [2.05, 4.69) is 0 Å². The summed E-state index contributed by atoms with van der Waals surface area (Å²) in [6.45, 7) is 1.73. The van der Waals surface area contributed by atoms with E-state index in [0.29, 0.717) is 12.0 Å². The van der Waals surface area contributed by atoms with E-state index in [-0.39, 0.29) is 16.4 Å². The summed E-state index contributed by atoms with van der Waals surface area (Å²) in [7, 11) is -6.94. The molecule has 0 atom stereocenters. The second-order valence-electron chi connectivity index (χ2n) is 4.11. The topological polar surface area (TPSA) is 92.1 Å². The van der Waals surface area contributed by atoms with Crippen molar-refractivity contribution in [1.82, 2.24) is 0 Å². The molecule has 0 aliphatic rings. The Morgan fingerprint density at radius 3 is 2.05 bits per heavy atom. The van der Waals surface area contributed by atoms with Crippen LogP contribution < -0.4 is 0 Å². The maximum atomic E-state index is 11.9. The van der Waals surface area contributed by atoms with Gasteiger partial charge in [0.05, 0.1) is 28.0 Å². The first-order chi connectivity index (χ1) is 8.80. The van der Waals surface area contributed by atoms with Crippen LogP contribution in [0.3, 0.4) is 0 Å². The lowest BCUT2D eigenvalue weighted by Crippen LogP contribution is -2.19. The summed E-state index contributed by atoms with van der Waals surface area (Å²) in [6, 6.07) is 7.32. The molecule has 1 aromatic carbocycles. The average Bonchev–Trinajstić information content (AvgIpc) is 2.37. The molecule has 0 saturated carbocycles. The molecule has 0 aliphatic carbocycles. The standard InChI is InChI=1S/C12H15NO4S2/c1-2-7-18(14,15)8-9-19(16,17)12-5-3-11(10-13)4-6-12/h3-6H,2,7-9H2,1H3. The molecule has 0 radical (unpaired) electrons. The van der Waals surface area contributed by atoms with Gasteiger partial charge in [-0.3, -0.25) is 0 Å². The lowest BCUT2D eigenvalue weighted by molar-refractivity contribution is 0.587. The van der Waals surface area contributed by atoms with Gasteiger partial charge in [-0.15, -0.1) is 0 Å². The van der Waals surface area contributed by atoms with Gasteiger partial charge >= 0.3 is 0 Å². The van der Waals surface area contributed by atoms with Crippen LogP contribution >= 0.6 is 0 Å². The molecule has 1 rings (SSSR count). The number of hydrogen-bond acceptors (Lipinski definition) is 5. The summed E-state index contributed by atoms with van der Waals surface area (Å²) in [6.07, 6.45) is 0.471. The molecule has 104 valence electrons. The molecular formula is C12H15NO4S2. The van der Waals surface area contributed by atoms with Crippen molar-refractivity contribution in [2.45, 2.75) is 18.2 Å². The van der Waals surface area contributed by atoms with Crippen LogP contribution in [-0.4, -0.2) is 34.1 Å². The van der Waals surface area contributed by atoms with Crippen molar-refractivity contribution in [3.8, 4) is 6.07 Å². The molecule has 1 aromatic rings. The highest BCUT2D eigenvalue weighted by Crippen LogP contribution is 2.13. The number of benzene rings is 1. The quantitative estimate of drug-likeness (QED) is 0.786. The van der Waals surface area contributed by atoms with Crippen LogP contribution in [0.1, 0.15) is 18.9 Å². The molecule has 0 bridgehead atoms. The third-order valence-electron chi connectivity index (χ3n) is 2.52. The molecule has 7 heteroatoms. The number of hydrogen-bond donors (Lipinski definition) is 0. The zero-order valence-electron chi connectivity index (χ0n) is 10.5. The van der Waals surface area contributed by atoms with Gasteiger partial charge in [0.25, 0.3) is 0 Å². The van der Waals surface area contributed by atoms with Crippen LogP contribution in [0, 0.1) is 11.3 Å². The van der Waals surface area contributed by atoms with Gasteiger partial charge in [-0.25, -0.2) is 16.8 Å². The van der Waals surface area contributed by atoms with E-state index < -0.39 is 25.4 Å². The molecule has 0 unspecified atom stereocenters. The van der Waals surface area contributed by atoms with Crippen LogP contribution in [0.4, 0.5) is 0 Å². The van der Waals surface area contributed by atoms with E-state index in [1.165, 1.54) is 24.3 Å². The minimum atomic E-state index is -3.63. The summed E-state index contributed by atoms with van der Waals surface area (Å²) in [5.41, 5.74) is 0.359. The second-order valence-corrected chi connectivity index (χ2v) is 8.52. The zero-order valence-corrected chi connectivity index (χ0v) is 12.2. The Morgan fingerprint density at radius 2 is 1.58 bits per heavy atom. The van der Waals surface area contributed by atoms with E-state index in [0.717, 1.165) is 0 Å². The molecule has 19 heavy (non-hydrogen) atoms. The predicted octanol–water partition coefficient (Wildman–Crippen LogP) is 1.16. The van der Waals surface area contributed by atoms with Gasteiger partial charge in [-0.2, -0.15) is 5.26 Å². The molecule has 0 aliphatic heterocycles. The van der Waals surface area contributed by atoms with E-state index in [9.17, 15) is 16.8 Å². The first kappa shape index (κ1) is 15.7. The number of nitrogens with zero attached hydrogens (tertiary/aromatic N) is 1. The van der Waals surface area contributed by atoms with Gasteiger partial charge in [-0.05, 0) is 30.7 Å². The Bertz CT molecular complexity index is 667. The van der Waals surface area contributed by atoms with Crippen molar-refractivity contribution in [3.63, 3.8) is 0 Å². The second kappa shape index (κ2) is 6.17. The fourth-order valence-corrected chi connectivity index (χ4v) is 5.01. The zero-order chi connectivity index (χ0) is 14.5. The Kier molecular flexibility index (Phi) is 5.09. The molecular weight excluding hydrogens is 286 g/mol. The van der Waals surface area contributed by atoms with Crippen LogP contribution in [0.25, 0.3) is 0 Å². The maximum Gasteiger partial charge on any atom is 0.179 e. The number of sulfone groups is 2. The fraction of sp³-hybridized carbons (Fsp3) is 0.417. The predicted molar refractivity (Wildman–Crippen MR) is 72.2 cm³/mol. The highest BCUT2D eigenvalue weighted by atomic mass is 32.2. The van der Waals surface area contributed by atoms with Crippen LogP contribution in [0.15, 0.2) is 29.2 Å². The number of rotatable bonds is 6.